The number of halogens is 1. The molecule has 0 spiro atoms. The van der Waals surface area contributed by atoms with E-state index in [-0.39, 0.29) is 5.78 Å². The van der Waals surface area contributed by atoms with E-state index in [0.717, 1.165) is 40.6 Å². The van der Waals surface area contributed by atoms with E-state index in [1.54, 1.807) is 0 Å². The van der Waals surface area contributed by atoms with Crippen LogP contribution in [0.4, 0.5) is 0 Å². The number of Topliss-reactive ketones (excluding diaryl/α,β-unsaturated/α-hetero) is 1. The van der Waals surface area contributed by atoms with Crippen LogP contribution in [0.3, 0.4) is 0 Å². The predicted molar refractivity (Wildman–Crippen MR) is 109 cm³/mol. The minimum Gasteiger partial charge on any atom is -0.312 e. The summed E-state index contributed by atoms with van der Waals surface area (Å²) < 4.78 is 2.32. The monoisotopic (exact) mass is 387 g/mol. The second-order valence-corrected chi connectivity index (χ2v) is 8.33. The van der Waals surface area contributed by atoms with Crippen LogP contribution in [0.25, 0.3) is 0 Å². The number of aromatic nitrogens is 3. The van der Waals surface area contributed by atoms with E-state index >= 15 is 0 Å². The quantitative estimate of drug-likeness (QED) is 0.555. The Morgan fingerprint density at radius 3 is 2.63 bits per heavy atom. The van der Waals surface area contributed by atoms with Crippen molar-refractivity contribution in [2.24, 2.45) is 5.92 Å². The first-order chi connectivity index (χ1) is 13.0. The van der Waals surface area contributed by atoms with Gasteiger partial charge in [0.2, 0.25) is 0 Å². The lowest BCUT2D eigenvalue weighted by Crippen LogP contribution is -2.11. The molecule has 1 aliphatic carbocycles. The molecule has 27 heavy (non-hydrogen) atoms. The van der Waals surface area contributed by atoms with Gasteiger partial charge in [-0.3, -0.25) is 4.79 Å². The van der Waals surface area contributed by atoms with Crippen LogP contribution in [0.15, 0.2) is 18.2 Å². The van der Waals surface area contributed by atoms with Crippen LogP contribution in [0.1, 0.15) is 74.8 Å². The molecule has 0 aliphatic heterocycles. The SMILES string of the molecule is CCC(C)CCc1nnc(CCC(=O)Cc2cccc(Cl)c2C)n1C1CC1. The fourth-order valence-electron chi connectivity index (χ4n) is 3.43. The van der Waals surface area contributed by atoms with Crippen LogP contribution < -0.4 is 0 Å². The standard InChI is InChI=1S/C22H30ClN3O/c1-4-15(2)8-12-21-24-25-22(26(21)18-9-10-18)13-11-19(27)14-17-6-5-7-20(23)16(17)3/h5-7,15,18H,4,8-14H2,1-3H3. The van der Waals surface area contributed by atoms with Crippen LogP contribution in [0, 0.1) is 12.8 Å². The maximum Gasteiger partial charge on any atom is 0.137 e. The van der Waals surface area contributed by atoms with Crippen molar-refractivity contribution in [1.82, 2.24) is 14.8 Å². The van der Waals surface area contributed by atoms with Crippen molar-refractivity contribution in [2.45, 2.75) is 78.2 Å². The Hall–Kier alpha value is -1.68. The first kappa shape index (κ1) is 20.1. The maximum atomic E-state index is 12.5. The number of ketones is 1. The molecule has 1 fully saturated rings. The third-order valence-electron chi connectivity index (χ3n) is 5.70. The zero-order valence-electron chi connectivity index (χ0n) is 16.7. The molecule has 5 heteroatoms. The summed E-state index contributed by atoms with van der Waals surface area (Å²) >= 11 is 6.16. The van der Waals surface area contributed by atoms with Crippen LogP contribution in [-0.2, 0) is 24.1 Å². The van der Waals surface area contributed by atoms with E-state index in [0.29, 0.717) is 31.2 Å². The normalized spacial score (nSPS) is 15.1. The average molecular weight is 388 g/mol. The van der Waals surface area contributed by atoms with Gasteiger partial charge in [0.15, 0.2) is 0 Å². The Kier molecular flexibility index (Phi) is 6.69. The molecule has 1 aromatic carbocycles. The van der Waals surface area contributed by atoms with Gasteiger partial charge < -0.3 is 4.57 Å². The Bertz CT molecular complexity index is 795. The third-order valence-corrected chi connectivity index (χ3v) is 6.11. The third kappa shape index (κ3) is 5.19. The molecule has 1 atom stereocenters. The molecule has 0 radical (unpaired) electrons. The van der Waals surface area contributed by atoms with Gasteiger partial charge in [0.05, 0.1) is 0 Å². The molecule has 0 N–H and O–H groups in total. The fourth-order valence-corrected chi connectivity index (χ4v) is 3.63. The average Bonchev–Trinajstić information content (AvgIpc) is 3.42. The molecule has 1 heterocycles. The number of rotatable bonds is 10. The summed E-state index contributed by atoms with van der Waals surface area (Å²) in [5.74, 6) is 3.02. The van der Waals surface area contributed by atoms with E-state index in [9.17, 15) is 4.79 Å². The number of nitrogens with zero attached hydrogens (tertiary/aromatic N) is 3. The summed E-state index contributed by atoms with van der Waals surface area (Å²) in [7, 11) is 0. The first-order valence-electron chi connectivity index (χ1n) is 10.2. The molecule has 3 rings (SSSR count). The summed E-state index contributed by atoms with van der Waals surface area (Å²) in [6.07, 6.45) is 7.34. The summed E-state index contributed by atoms with van der Waals surface area (Å²) in [6.45, 7) is 6.49. The Morgan fingerprint density at radius 1 is 1.26 bits per heavy atom. The number of hydrogen-bond acceptors (Lipinski definition) is 3. The predicted octanol–water partition coefficient (Wildman–Crippen LogP) is 5.30. The second-order valence-electron chi connectivity index (χ2n) is 7.93. The largest absolute Gasteiger partial charge is 0.312 e. The van der Waals surface area contributed by atoms with E-state index in [4.69, 9.17) is 11.6 Å². The summed E-state index contributed by atoms with van der Waals surface area (Å²) in [6, 6.07) is 6.31. The number of aryl methyl sites for hydroxylation is 2. The van der Waals surface area contributed by atoms with Crippen molar-refractivity contribution in [1.29, 1.82) is 0 Å². The molecule has 0 bridgehead atoms. The molecule has 2 aromatic rings. The molecule has 1 aliphatic rings. The highest BCUT2D eigenvalue weighted by Gasteiger charge is 2.29. The topological polar surface area (TPSA) is 47.8 Å². The molecule has 4 nitrogen and oxygen atoms in total. The van der Waals surface area contributed by atoms with E-state index in [1.165, 1.54) is 19.3 Å². The first-order valence-corrected chi connectivity index (χ1v) is 10.6. The van der Waals surface area contributed by atoms with Crippen molar-refractivity contribution in [3.05, 3.63) is 46.0 Å². The van der Waals surface area contributed by atoms with E-state index in [1.807, 2.05) is 25.1 Å². The van der Waals surface area contributed by atoms with E-state index in [2.05, 4.69) is 28.6 Å². The van der Waals surface area contributed by atoms with Crippen molar-refractivity contribution in [2.75, 3.05) is 0 Å². The fraction of sp³-hybridized carbons (Fsp3) is 0.591. The smallest absolute Gasteiger partial charge is 0.137 e. The van der Waals surface area contributed by atoms with Gasteiger partial charge in [-0.1, -0.05) is 44.0 Å². The highest BCUT2D eigenvalue weighted by atomic mass is 35.5. The minimum atomic E-state index is 0.229. The van der Waals surface area contributed by atoms with Crippen molar-refractivity contribution < 1.29 is 4.79 Å². The number of benzene rings is 1. The van der Waals surface area contributed by atoms with E-state index < -0.39 is 0 Å². The van der Waals surface area contributed by atoms with Crippen LogP contribution in [0.2, 0.25) is 5.02 Å². The zero-order valence-corrected chi connectivity index (χ0v) is 17.4. The van der Waals surface area contributed by atoms with Crippen LogP contribution in [-0.4, -0.2) is 20.5 Å². The van der Waals surface area contributed by atoms with Gasteiger partial charge >= 0.3 is 0 Å². The summed E-state index contributed by atoms with van der Waals surface area (Å²) in [5, 5.41) is 9.61. The van der Waals surface area contributed by atoms with Crippen molar-refractivity contribution >= 4 is 17.4 Å². The molecule has 0 saturated heterocycles. The molecule has 1 aromatic heterocycles. The van der Waals surface area contributed by atoms with Crippen LogP contribution >= 0.6 is 11.6 Å². The highest BCUT2D eigenvalue weighted by molar-refractivity contribution is 6.31. The number of carbonyl (C=O) groups excluding carboxylic acids is 1. The van der Waals surface area contributed by atoms with Gasteiger partial charge in [0, 0.05) is 36.7 Å². The number of hydrogen-bond donors (Lipinski definition) is 0. The van der Waals surface area contributed by atoms with Crippen molar-refractivity contribution in [3.63, 3.8) is 0 Å². The van der Waals surface area contributed by atoms with Crippen molar-refractivity contribution in [3.8, 4) is 0 Å². The molecule has 1 unspecified atom stereocenters. The van der Waals surface area contributed by atoms with Gasteiger partial charge in [-0.05, 0) is 49.3 Å². The molecule has 1 saturated carbocycles. The van der Waals surface area contributed by atoms with Gasteiger partial charge in [0.25, 0.3) is 0 Å². The minimum absolute atomic E-state index is 0.229. The van der Waals surface area contributed by atoms with Gasteiger partial charge in [0.1, 0.15) is 17.4 Å². The zero-order chi connectivity index (χ0) is 19.4. The lowest BCUT2D eigenvalue weighted by molar-refractivity contribution is -0.118. The summed E-state index contributed by atoms with van der Waals surface area (Å²) in [4.78, 5) is 12.5. The summed E-state index contributed by atoms with van der Waals surface area (Å²) in [5.41, 5.74) is 2.02. The molecular weight excluding hydrogens is 358 g/mol. The Morgan fingerprint density at radius 2 is 1.96 bits per heavy atom. The molecular formula is C22H30ClN3O. The highest BCUT2D eigenvalue weighted by Crippen LogP contribution is 2.37. The Balaban J connectivity index is 1.61. The van der Waals surface area contributed by atoms with Crippen LogP contribution in [0.5, 0.6) is 0 Å². The lowest BCUT2D eigenvalue weighted by Gasteiger charge is -2.11. The van der Waals surface area contributed by atoms with Gasteiger partial charge in [-0.15, -0.1) is 10.2 Å². The second kappa shape index (κ2) is 9.01. The van der Waals surface area contributed by atoms with Gasteiger partial charge in [-0.2, -0.15) is 0 Å². The Labute approximate surface area is 167 Å². The molecule has 146 valence electrons. The molecule has 0 amide bonds. The number of carbonyl (C=O) groups is 1. The van der Waals surface area contributed by atoms with Gasteiger partial charge in [-0.25, -0.2) is 0 Å². The lowest BCUT2D eigenvalue weighted by atomic mass is 10.0. The maximum absolute atomic E-state index is 12.5.